The van der Waals surface area contributed by atoms with Gasteiger partial charge in [0.2, 0.25) is 0 Å². The van der Waals surface area contributed by atoms with E-state index < -0.39 is 0 Å². The van der Waals surface area contributed by atoms with Gasteiger partial charge in [-0.2, -0.15) is 0 Å². The van der Waals surface area contributed by atoms with Crippen molar-refractivity contribution in [3.8, 4) is 0 Å². The molecule has 0 aliphatic rings. The molecule has 0 spiro atoms. The molecule has 0 fully saturated rings. The van der Waals surface area contributed by atoms with Crippen molar-refractivity contribution in [2.24, 2.45) is 0 Å². The summed E-state index contributed by atoms with van der Waals surface area (Å²) in [5.41, 5.74) is 2.09. The standard InChI is InChI=1S/C15H22ClN3/c1-3-4-5-6-7-12(2)19-14-8-9-17-11-13(14)18-15(19)10-16/h8-9,11-12H,3-7,10H2,1-2H3. The molecule has 0 N–H and O–H groups in total. The first-order valence-corrected chi connectivity index (χ1v) is 7.68. The van der Waals surface area contributed by atoms with Gasteiger partial charge in [-0.25, -0.2) is 4.98 Å². The Hall–Kier alpha value is -1.09. The number of fused-ring (bicyclic) bond motifs is 1. The maximum Gasteiger partial charge on any atom is 0.125 e. The van der Waals surface area contributed by atoms with E-state index in [1.54, 1.807) is 0 Å². The number of hydrogen-bond donors (Lipinski definition) is 0. The number of rotatable bonds is 7. The second-order valence-corrected chi connectivity index (χ2v) is 5.36. The second-order valence-electron chi connectivity index (χ2n) is 5.09. The Bertz CT molecular complexity index is 521. The molecular weight excluding hydrogens is 258 g/mol. The highest BCUT2D eigenvalue weighted by Crippen LogP contribution is 2.25. The molecule has 3 nitrogen and oxygen atoms in total. The molecule has 4 heteroatoms. The molecule has 1 unspecified atom stereocenters. The lowest BCUT2D eigenvalue weighted by molar-refractivity contribution is 0.473. The van der Waals surface area contributed by atoms with Crippen LogP contribution in [0.2, 0.25) is 0 Å². The Morgan fingerprint density at radius 1 is 1.32 bits per heavy atom. The zero-order chi connectivity index (χ0) is 13.7. The number of hydrogen-bond acceptors (Lipinski definition) is 2. The van der Waals surface area contributed by atoms with E-state index in [-0.39, 0.29) is 0 Å². The summed E-state index contributed by atoms with van der Waals surface area (Å²) in [5.74, 6) is 1.40. The molecule has 19 heavy (non-hydrogen) atoms. The number of halogens is 1. The third-order valence-electron chi connectivity index (χ3n) is 3.60. The number of nitrogens with zero attached hydrogens (tertiary/aromatic N) is 3. The molecular formula is C15H22ClN3. The minimum atomic E-state index is 0.443. The molecule has 104 valence electrons. The van der Waals surface area contributed by atoms with Gasteiger partial charge in [-0.1, -0.05) is 32.6 Å². The third-order valence-corrected chi connectivity index (χ3v) is 3.84. The van der Waals surface area contributed by atoms with Crippen molar-refractivity contribution in [2.45, 2.75) is 57.9 Å². The number of pyridine rings is 1. The van der Waals surface area contributed by atoms with Crippen LogP contribution in [-0.2, 0) is 5.88 Å². The van der Waals surface area contributed by atoms with Crippen molar-refractivity contribution < 1.29 is 0 Å². The smallest absolute Gasteiger partial charge is 0.125 e. The summed E-state index contributed by atoms with van der Waals surface area (Å²) < 4.78 is 2.27. The van der Waals surface area contributed by atoms with Crippen molar-refractivity contribution in [3.05, 3.63) is 24.3 Å². The molecule has 0 radical (unpaired) electrons. The average molecular weight is 280 g/mol. The summed E-state index contributed by atoms with van der Waals surface area (Å²) in [6.45, 7) is 4.49. The van der Waals surface area contributed by atoms with Gasteiger partial charge in [0.15, 0.2) is 0 Å². The monoisotopic (exact) mass is 279 g/mol. The Labute approximate surface area is 120 Å². The summed E-state index contributed by atoms with van der Waals surface area (Å²) in [5, 5.41) is 0. The molecule has 0 saturated carbocycles. The lowest BCUT2D eigenvalue weighted by atomic mass is 10.1. The SMILES string of the molecule is CCCCCCC(C)n1c(CCl)nc2cnccc21. The average Bonchev–Trinajstić information content (AvgIpc) is 2.82. The van der Waals surface area contributed by atoms with Crippen LogP contribution in [0.15, 0.2) is 18.5 Å². The first kappa shape index (κ1) is 14.3. The van der Waals surface area contributed by atoms with Crippen molar-refractivity contribution in [3.63, 3.8) is 0 Å². The van der Waals surface area contributed by atoms with E-state index in [0.29, 0.717) is 11.9 Å². The van der Waals surface area contributed by atoms with Crippen molar-refractivity contribution >= 4 is 22.6 Å². The number of alkyl halides is 1. The fourth-order valence-corrected chi connectivity index (χ4v) is 2.77. The summed E-state index contributed by atoms with van der Waals surface area (Å²) >= 11 is 6.03. The first-order chi connectivity index (χ1) is 9.27. The lowest BCUT2D eigenvalue weighted by Crippen LogP contribution is -2.08. The minimum absolute atomic E-state index is 0.443. The van der Waals surface area contributed by atoms with Crippen molar-refractivity contribution in [2.75, 3.05) is 0 Å². The molecule has 2 heterocycles. The molecule has 0 aliphatic carbocycles. The van der Waals surface area contributed by atoms with E-state index in [2.05, 4.69) is 28.4 Å². The van der Waals surface area contributed by atoms with Crippen LogP contribution in [0.5, 0.6) is 0 Å². The van der Waals surface area contributed by atoms with E-state index in [9.17, 15) is 0 Å². The summed E-state index contributed by atoms with van der Waals surface area (Å²) in [6.07, 6.45) is 9.99. The highest BCUT2D eigenvalue weighted by atomic mass is 35.5. The van der Waals surface area contributed by atoms with Crippen LogP contribution in [-0.4, -0.2) is 14.5 Å². The van der Waals surface area contributed by atoms with Gasteiger partial charge in [0, 0.05) is 12.2 Å². The third kappa shape index (κ3) is 3.27. The molecule has 0 saturated heterocycles. The number of unbranched alkanes of at least 4 members (excludes halogenated alkanes) is 3. The van der Waals surface area contributed by atoms with Gasteiger partial charge in [0.05, 0.1) is 17.6 Å². The lowest BCUT2D eigenvalue weighted by Gasteiger charge is -2.16. The van der Waals surface area contributed by atoms with Crippen LogP contribution < -0.4 is 0 Å². The zero-order valence-corrected chi connectivity index (χ0v) is 12.5. The van der Waals surface area contributed by atoms with Crippen LogP contribution in [0, 0.1) is 0 Å². The quantitative estimate of drug-likeness (QED) is 0.543. The normalized spacial score (nSPS) is 13.0. The predicted octanol–water partition coefficient (Wildman–Crippen LogP) is 4.70. The van der Waals surface area contributed by atoms with Crippen LogP contribution >= 0.6 is 11.6 Å². The van der Waals surface area contributed by atoms with Crippen LogP contribution in [0.25, 0.3) is 11.0 Å². The van der Waals surface area contributed by atoms with Gasteiger partial charge in [0.1, 0.15) is 11.3 Å². The number of imidazole rings is 1. The molecule has 1 atom stereocenters. The Morgan fingerprint density at radius 2 is 2.16 bits per heavy atom. The highest BCUT2D eigenvalue weighted by Gasteiger charge is 2.14. The van der Waals surface area contributed by atoms with E-state index >= 15 is 0 Å². The van der Waals surface area contributed by atoms with Crippen molar-refractivity contribution in [1.29, 1.82) is 0 Å². The summed E-state index contributed by atoms with van der Waals surface area (Å²) in [4.78, 5) is 8.69. The molecule has 0 bridgehead atoms. The van der Waals surface area contributed by atoms with Gasteiger partial charge in [-0.3, -0.25) is 4.98 Å². The van der Waals surface area contributed by atoms with Gasteiger partial charge in [-0.05, 0) is 19.4 Å². The fourth-order valence-electron chi connectivity index (χ4n) is 2.58. The number of aromatic nitrogens is 3. The fraction of sp³-hybridized carbons (Fsp3) is 0.600. The van der Waals surface area contributed by atoms with E-state index in [1.807, 2.05) is 18.5 Å². The van der Waals surface area contributed by atoms with Gasteiger partial charge < -0.3 is 4.57 Å². The summed E-state index contributed by atoms with van der Waals surface area (Å²) in [7, 11) is 0. The second kappa shape index (κ2) is 6.90. The predicted molar refractivity (Wildman–Crippen MR) is 80.6 cm³/mol. The van der Waals surface area contributed by atoms with Gasteiger partial charge >= 0.3 is 0 Å². The van der Waals surface area contributed by atoms with Crippen molar-refractivity contribution in [1.82, 2.24) is 14.5 Å². The Morgan fingerprint density at radius 3 is 2.89 bits per heavy atom. The van der Waals surface area contributed by atoms with E-state index in [1.165, 1.54) is 32.1 Å². The van der Waals surface area contributed by atoms with E-state index in [0.717, 1.165) is 16.9 Å². The maximum absolute atomic E-state index is 6.03. The molecule has 2 rings (SSSR count). The molecule has 2 aromatic rings. The van der Waals surface area contributed by atoms with Gasteiger partial charge in [-0.15, -0.1) is 11.6 Å². The van der Waals surface area contributed by atoms with Gasteiger partial charge in [0.25, 0.3) is 0 Å². The topological polar surface area (TPSA) is 30.7 Å². The van der Waals surface area contributed by atoms with Crippen LogP contribution in [0.3, 0.4) is 0 Å². The molecule has 0 aromatic carbocycles. The van der Waals surface area contributed by atoms with Crippen LogP contribution in [0.1, 0.15) is 57.8 Å². The molecule has 2 aromatic heterocycles. The Kier molecular flexibility index (Phi) is 5.20. The largest absolute Gasteiger partial charge is 0.324 e. The first-order valence-electron chi connectivity index (χ1n) is 7.14. The molecule has 0 amide bonds. The van der Waals surface area contributed by atoms with Crippen LogP contribution in [0.4, 0.5) is 0 Å². The summed E-state index contributed by atoms with van der Waals surface area (Å²) in [6, 6.07) is 2.47. The Balaban J connectivity index is 2.17. The maximum atomic E-state index is 6.03. The van der Waals surface area contributed by atoms with E-state index in [4.69, 9.17) is 11.6 Å². The minimum Gasteiger partial charge on any atom is -0.324 e. The zero-order valence-electron chi connectivity index (χ0n) is 11.8. The highest BCUT2D eigenvalue weighted by molar-refractivity contribution is 6.16. The molecule has 0 aliphatic heterocycles.